The molecule has 5 rings (SSSR count). The van der Waals surface area contributed by atoms with Gasteiger partial charge < -0.3 is 4.74 Å². The molecule has 0 unspecified atom stereocenters. The second-order valence-corrected chi connectivity index (χ2v) is 9.78. The van der Waals surface area contributed by atoms with Crippen LogP contribution in [0.1, 0.15) is 22.7 Å². The molecular weight excluding hydrogens is 424 g/mol. The summed E-state index contributed by atoms with van der Waals surface area (Å²) in [6.45, 7) is 0.584. The number of aromatic nitrogens is 4. The topological polar surface area (TPSA) is 69.9 Å². The highest BCUT2D eigenvalue weighted by atomic mass is 32.2. The SMILES string of the molecule is COCCc1nsc(Sc2nc3sc4c(c3c(=O)n2-c2ccccc2)CCC4)n1. The van der Waals surface area contributed by atoms with Crippen molar-refractivity contribution in [3.63, 3.8) is 0 Å². The number of hydrogen-bond donors (Lipinski definition) is 0. The highest BCUT2D eigenvalue weighted by molar-refractivity contribution is 8.00. The van der Waals surface area contributed by atoms with Gasteiger partial charge in [0.05, 0.1) is 17.7 Å². The maximum absolute atomic E-state index is 13.6. The fraction of sp³-hybridized carbons (Fsp3) is 0.300. The van der Waals surface area contributed by atoms with Crippen molar-refractivity contribution < 1.29 is 4.74 Å². The first-order chi connectivity index (χ1) is 14.2. The summed E-state index contributed by atoms with van der Waals surface area (Å²) in [5.41, 5.74) is 2.02. The summed E-state index contributed by atoms with van der Waals surface area (Å²) < 4.78 is 12.0. The molecule has 1 aliphatic carbocycles. The largest absolute Gasteiger partial charge is 0.384 e. The minimum Gasteiger partial charge on any atom is -0.384 e. The zero-order chi connectivity index (χ0) is 19.8. The Kier molecular flexibility index (Phi) is 5.21. The molecular formula is C20H18N4O2S3. The molecule has 0 fully saturated rings. The van der Waals surface area contributed by atoms with E-state index in [4.69, 9.17) is 9.72 Å². The van der Waals surface area contributed by atoms with Gasteiger partial charge in [-0.3, -0.25) is 9.36 Å². The van der Waals surface area contributed by atoms with E-state index in [1.165, 1.54) is 33.7 Å². The van der Waals surface area contributed by atoms with Crippen LogP contribution in [0.4, 0.5) is 0 Å². The number of methoxy groups -OCH3 is 1. The lowest BCUT2D eigenvalue weighted by Crippen LogP contribution is -2.21. The molecule has 0 saturated heterocycles. The van der Waals surface area contributed by atoms with Gasteiger partial charge in [0.25, 0.3) is 5.56 Å². The molecule has 0 bridgehead atoms. The van der Waals surface area contributed by atoms with E-state index >= 15 is 0 Å². The summed E-state index contributed by atoms with van der Waals surface area (Å²) in [7, 11) is 1.66. The predicted molar refractivity (Wildman–Crippen MR) is 117 cm³/mol. The lowest BCUT2D eigenvalue weighted by Gasteiger charge is -2.11. The molecule has 0 spiro atoms. The van der Waals surface area contributed by atoms with Crippen LogP contribution >= 0.6 is 34.6 Å². The third-order valence-corrected chi connectivity index (χ3v) is 7.81. The molecule has 0 atom stereocenters. The standard InChI is InChI=1S/C20H18N4O2S3/c1-26-11-10-15-21-20(29-23-15)28-19-22-17-16(13-8-5-9-14(13)27-17)18(25)24(19)12-6-3-2-4-7-12/h2-4,6-7H,5,8-11H2,1H3. The van der Waals surface area contributed by atoms with Gasteiger partial charge in [-0.15, -0.1) is 11.3 Å². The first-order valence-electron chi connectivity index (χ1n) is 9.36. The van der Waals surface area contributed by atoms with Crippen molar-refractivity contribution in [3.8, 4) is 5.69 Å². The van der Waals surface area contributed by atoms with Crippen molar-refractivity contribution >= 4 is 44.8 Å². The number of thiophene rings is 1. The van der Waals surface area contributed by atoms with Crippen LogP contribution in [0.25, 0.3) is 15.9 Å². The van der Waals surface area contributed by atoms with Gasteiger partial charge in [-0.2, -0.15) is 4.37 Å². The van der Waals surface area contributed by atoms with Crippen molar-refractivity contribution in [2.75, 3.05) is 13.7 Å². The van der Waals surface area contributed by atoms with Gasteiger partial charge in [0.1, 0.15) is 10.7 Å². The van der Waals surface area contributed by atoms with Crippen molar-refractivity contribution in [1.29, 1.82) is 0 Å². The molecule has 0 radical (unpaired) electrons. The van der Waals surface area contributed by atoms with Crippen LogP contribution < -0.4 is 5.56 Å². The highest BCUT2D eigenvalue weighted by Gasteiger charge is 2.24. The average Bonchev–Trinajstić information content (AvgIpc) is 3.43. The van der Waals surface area contributed by atoms with E-state index in [-0.39, 0.29) is 5.56 Å². The van der Waals surface area contributed by atoms with Gasteiger partial charge in [0.2, 0.25) is 0 Å². The Morgan fingerprint density at radius 1 is 1.21 bits per heavy atom. The molecule has 29 heavy (non-hydrogen) atoms. The van der Waals surface area contributed by atoms with E-state index < -0.39 is 0 Å². The summed E-state index contributed by atoms with van der Waals surface area (Å²) in [4.78, 5) is 25.2. The van der Waals surface area contributed by atoms with Crippen LogP contribution in [0.5, 0.6) is 0 Å². The van der Waals surface area contributed by atoms with Gasteiger partial charge in [-0.25, -0.2) is 9.97 Å². The zero-order valence-corrected chi connectivity index (χ0v) is 18.2. The number of hydrogen-bond acceptors (Lipinski definition) is 8. The second kappa shape index (κ2) is 7.98. The number of ether oxygens (including phenoxy) is 1. The monoisotopic (exact) mass is 442 g/mol. The number of aryl methyl sites for hydroxylation is 2. The summed E-state index contributed by atoms with van der Waals surface area (Å²) >= 11 is 4.38. The Morgan fingerprint density at radius 3 is 2.90 bits per heavy atom. The Labute approximate surface area is 179 Å². The summed E-state index contributed by atoms with van der Waals surface area (Å²) in [5.74, 6) is 0.754. The third kappa shape index (κ3) is 3.52. The van der Waals surface area contributed by atoms with Crippen molar-refractivity contribution in [3.05, 3.63) is 57.0 Å². The number of nitrogens with zero attached hydrogens (tertiary/aromatic N) is 4. The average molecular weight is 443 g/mol. The fourth-order valence-corrected chi connectivity index (χ4v) is 6.53. The van der Waals surface area contributed by atoms with Gasteiger partial charge in [-0.1, -0.05) is 18.2 Å². The van der Waals surface area contributed by atoms with E-state index in [2.05, 4.69) is 9.36 Å². The highest BCUT2D eigenvalue weighted by Crippen LogP contribution is 2.37. The third-order valence-electron chi connectivity index (χ3n) is 4.88. The molecule has 1 aromatic carbocycles. The quantitative estimate of drug-likeness (QED) is 0.418. The van der Waals surface area contributed by atoms with Gasteiger partial charge in [0.15, 0.2) is 9.50 Å². The van der Waals surface area contributed by atoms with E-state index in [0.717, 1.165) is 45.3 Å². The van der Waals surface area contributed by atoms with Crippen LogP contribution in [-0.2, 0) is 24.0 Å². The fourth-order valence-electron chi connectivity index (χ4n) is 3.55. The molecule has 3 aromatic heterocycles. The normalized spacial score (nSPS) is 13.3. The zero-order valence-electron chi connectivity index (χ0n) is 15.8. The van der Waals surface area contributed by atoms with E-state index in [9.17, 15) is 4.79 Å². The van der Waals surface area contributed by atoms with Crippen molar-refractivity contribution in [2.24, 2.45) is 0 Å². The molecule has 0 saturated carbocycles. The number of fused-ring (bicyclic) bond motifs is 3. The van der Waals surface area contributed by atoms with Crippen LogP contribution in [0.15, 0.2) is 44.6 Å². The summed E-state index contributed by atoms with van der Waals surface area (Å²) in [6.07, 6.45) is 3.80. The number of rotatable bonds is 6. The predicted octanol–water partition coefficient (Wildman–Crippen LogP) is 4.13. The molecule has 1 aliphatic rings. The Balaban J connectivity index is 1.64. The first kappa shape index (κ1) is 18.9. The van der Waals surface area contributed by atoms with Crippen molar-refractivity contribution in [1.82, 2.24) is 18.9 Å². The molecule has 9 heteroatoms. The van der Waals surface area contributed by atoms with Crippen molar-refractivity contribution in [2.45, 2.75) is 35.2 Å². The lowest BCUT2D eigenvalue weighted by molar-refractivity contribution is 0.200. The summed E-state index contributed by atoms with van der Waals surface area (Å²) in [6, 6.07) is 9.70. The minimum atomic E-state index is 0.00669. The molecule has 0 aliphatic heterocycles. The maximum atomic E-state index is 13.6. The molecule has 0 amide bonds. The molecule has 148 valence electrons. The Hall–Kier alpha value is -2.07. The first-order valence-corrected chi connectivity index (χ1v) is 11.8. The minimum absolute atomic E-state index is 0.00669. The molecule has 4 aromatic rings. The molecule has 6 nitrogen and oxygen atoms in total. The Morgan fingerprint density at radius 2 is 2.07 bits per heavy atom. The van der Waals surface area contributed by atoms with Crippen LogP contribution in [-0.4, -0.2) is 32.6 Å². The van der Waals surface area contributed by atoms with Crippen LogP contribution in [0.2, 0.25) is 0 Å². The lowest BCUT2D eigenvalue weighted by atomic mass is 10.2. The van der Waals surface area contributed by atoms with Gasteiger partial charge in [-0.05, 0) is 60.3 Å². The van der Waals surface area contributed by atoms with E-state index in [1.54, 1.807) is 23.0 Å². The molecule has 0 N–H and O–H groups in total. The number of benzene rings is 1. The van der Waals surface area contributed by atoms with Crippen LogP contribution in [0, 0.1) is 0 Å². The Bertz CT molecular complexity index is 1230. The molecule has 3 heterocycles. The van der Waals surface area contributed by atoms with Gasteiger partial charge in [0, 0.05) is 18.4 Å². The van der Waals surface area contributed by atoms with Gasteiger partial charge >= 0.3 is 0 Å². The van der Waals surface area contributed by atoms with E-state index in [1.807, 2.05) is 30.3 Å². The van der Waals surface area contributed by atoms with Crippen LogP contribution in [0.3, 0.4) is 0 Å². The number of para-hydroxylation sites is 1. The second-order valence-electron chi connectivity index (χ2n) is 6.73. The maximum Gasteiger partial charge on any atom is 0.267 e. The summed E-state index contributed by atoms with van der Waals surface area (Å²) in [5, 5.41) is 1.41. The van der Waals surface area contributed by atoms with E-state index in [0.29, 0.717) is 18.2 Å². The smallest absolute Gasteiger partial charge is 0.267 e.